The Kier molecular flexibility index (Phi) is 3.47. The van der Waals surface area contributed by atoms with Gasteiger partial charge >= 0.3 is 6.18 Å². The second-order valence-corrected chi connectivity index (χ2v) is 5.36. The van der Waals surface area contributed by atoms with E-state index >= 15 is 0 Å². The van der Waals surface area contributed by atoms with Gasteiger partial charge in [0.1, 0.15) is 0 Å². The molecule has 0 bridgehead atoms. The van der Waals surface area contributed by atoms with Crippen molar-refractivity contribution >= 4 is 15.5 Å². The van der Waals surface area contributed by atoms with E-state index in [9.17, 15) is 21.6 Å². The van der Waals surface area contributed by atoms with Gasteiger partial charge in [-0.05, 0) is 24.3 Å². The van der Waals surface area contributed by atoms with Gasteiger partial charge in [-0.25, -0.2) is 8.42 Å². The smallest absolute Gasteiger partial charge is 0.390 e. The summed E-state index contributed by atoms with van der Waals surface area (Å²) in [5, 5.41) is 0. The SMILES string of the molecule is Nc1ccc(S(=O)(=O)CCC(F)(F)F)cc1. The number of nitrogens with two attached hydrogens (primary N) is 1. The maximum Gasteiger partial charge on any atom is 0.390 e. The summed E-state index contributed by atoms with van der Waals surface area (Å²) in [5.74, 6) is -0.944. The second kappa shape index (κ2) is 4.32. The first kappa shape index (κ1) is 12.8. The van der Waals surface area contributed by atoms with E-state index in [0.717, 1.165) is 0 Å². The summed E-state index contributed by atoms with van der Waals surface area (Å²) in [6.45, 7) is 0. The molecule has 1 aromatic rings. The Hall–Kier alpha value is -1.24. The number of sulfone groups is 1. The molecule has 7 heteroatoms. The molecule has 0 fully saturated rings. The van der Waals surface area contributed by atoms with Crippen LogP contribution < -0.4 is 5.73 Å². The minimum absolute atomic E-state index is 0.147. The molecule has 3 nitrogen and oxygen atoms in total. The van der Waals surface area contributed by atoms with Crippen molar-refractivity contribution in [1.82, 2.24) is 0 Å². The number of anilines is 1. The van der Waals surface area contributed by atoms with Crippen molar-refractivity contribution in [3.05, 3.63) is 24.3 Å². The van der Waals surface area contributed by atoms with Crippen molar-refractivity contribution in [3.63, 3.8) is 0 Å². The van der Waals surface area contributed by atoms with Crippen LogP contribution in [0.4, 0.5) is 18.9 Å². The maximum atomic E-state index is 11.9. The quantitative estimate of drug-likeness (QED) is 0.838. The van der Waals surface area contributed by atoms with E-state index in [1.54, 1.807) is 0 Å². The molecule has 0 saturated heterocycles. The van der Waals surface area contributed by atoms with Gasteiger partial charge in [-0.2, -0.15) is 13.2 Å². The lowest BCUT2D eigenvalue weighted by molar-refractivity contribution is -0.129. The molecule has 2 N–H and O–H groups in total. The molecule has 0 amide bonds. The number of hydrogen-bond donors (Lipinski definition) is 1. The Morgan fingerprint density at radius 3 is 2.06 bits per heavy atom. The van der Waals surface area contributed by atoms with Crippen LogP contribution >= 0.6 is 0 Å². The zero-order valence-corrected chi connectivity index (χ0v) is 8.98. The number of rotatable bonds is 3. The van der Waals surface area contributed by atoms with Crippen LogP contribution in [-0.2, 0) is 9.84 Å². The van der Waals surface area contributed by atoms with E-state index in [0.29, 0.717) is 5.69 Å². The highest BCUT2D eigenvalue weighted by molar-refractivity contribution is 7.91. The molecule has 0 atom stereocenters. The molecule has 0 aliphatic rings. The number of hydrogen-bond acceptors (Lipinski definition) is 3. The largest absolute Gasteiger partial charge is 0.399 e. The van der Waals surface area contributed by atoms with E-state index < -0.39 is 28.2 Å². The highest BCUT2D eigenvalue weighted by Crippen LogP contribution is 2.23. The number of benzene rings is 1. The van der Waals surface area contributed by atoms with Gasteiger partial charge < -0.3 is 5.73 Å². The van der Waals surface area contributed by atoms with Crippen LogP contribution in [0.2, 0.25) is 0 Å². The molecular weight excluding hydrogens is 243 g/mol. The van der Waals surface area contributed by atoms with Crippen LogP contribution in [0.25, 0.3) is 0 Å². The Bertz CT molecular complexity index is 451. The molecule has 0 aliphatic heterocycles. The highest BCUT2D eigenvalue weighted by Gasteiger charge is 2.30. The standard InChI is InChI=1S/C9H10F3NO2S/c10-9(11,12)5-6-16(14,15)8-3-1-7(13)2-4-8/h1-4H,5-6,13H2. The summed E-state index contributed by atoms with van der Waals surface area (Å²) < 4.78 is 58.5. The van der Waals surface area contributed by atoms with E-state index in [2.05, 4.69) is 0 Å². The number of nitrogen functional groups attached to an aromatic ring is 1. The molecular formula is C9H10F3NO2S. The average molecular weight is 253 g/mol. The fraction of sp³-hybridized carbons (Fsp3) is 0.333. The van der Waals surface area contributed by atoms with Crippen LogP contribution in [0.3, 0.4) is 0 Å². The third-order valence-corrected chi connectivity index (χ3v) is 3.63. The van der Waals surface area contributed by atoms with Gasteiger partial charge in [-0.1, -0.05) is 0 Å². The molecule has 0 heterocycles. The number of halogens is 3. The lowest BCUT2D eigenvalue weighted by Crippen LogP contribution is -2.16. The predicted octanol–water partition coefficient (Wildman–Crippen LogP) is 1.99. The molecule has 1 aromatic carbocycles. The maximum absolute atomic E-state index is 11.9. The van der Waals surface area contributed by atoms with E-state index in [-0.39, 0.29) is 4.90 Å². The zero-order chi connectivity index (χ0) is 12.4. The van der Waals surface area contributed by atoms with Crippen molar-refractivity contribution in [2.24, 2.45) is 0 Å². The zero-order valence-electron chi connectivity index (χ0n) is 8.16. The fourth-order valence-corrected chi connectivity index (χ4v) is 2.33. The third-order valence-electron chi connectivity index (χ3n) is 1.89. The van der Waals surface area contributed by atoms with Gasteiger partial charge in [0.15, 0.2) is 9.84 Å². The van der Waals surface area contributed by atoms with E-state index in [4.69, 9.17) is 5.73 Å². The third kappa shape index (κ3) is 3.73. The minimum Gasteiger partial charge on any atom is -0.399 e. The Labute approximate surface area is 91.0 Å². The fourth-order valence-electron chi connectivity index (χ4n) is 1.04. The molecule has 16 heavy (non-hydrogen) atoms. The lowest BCUT2D eigenvalue weighted by atomic mass is 10.3. The molecule has 90 valence electrons. The molecule has 0 aliphatic carbocycles. The van der Waals surface area contributed by atoms with Crippen LogP contribution in [0, 0.1) is 0 Å². The van der Waals surface area contributed by atoms with Crippen LogP contribution in [0.5, 0.6) is 0 Å². The van der Waals surface area contributed by atoms with Crippen LogP contribution in [-0.4, -0.2) is 20.3 Å². The van der Waals surface area contributed by atoms with Gasteiger partial charge in [0.25, 0.3) is 0 Å². The van der Waals surface area contributed by atoms with Gasteiger partial charge in [-0.15, -0.1) is 0 Å². The van der Waals surface area contributed by atoms with E-state index in [1.807, 2.05) is 0 Å². The summed E-state index contributed by atoms with van der Waals surface area (Å²) >= 11 is 0. The van der Waals surface area contributed by atoms with Crippen molar-refractivity contribution in [2.75, 3.05) is 11.5 Å². The van der Waals surface area contributed by atoms with E-state index in [1.165, 1.54) is 24.3 Å². The summed E-state index contributed by atoms with van der Waals surface area (Å²) in [6, 6.07) is 5.06. The topological polar surface area (TPSA) is 60.2 Å². The molecule has 0 saturated carbocycles. The van der Waals surface area contributed by atoms with Gasteiger partial charge in [0.2, 0.25) is 0 Å². The Morgan fingerprint density at radius 1 is 1.12 bits per heavy atom. The summed E-state index contributed by atoms with van der Waals surface area (Å²) in [5.41, 5.74) is 5.69. The first-order valence-electron chi connectivity index (χ1n) is 4.36. The average Bonchev–Trinajstić information content (AvgIpc) is 2.15. The molecule has 0 aromatic heterocycles. The molecule has 0 radical (unpaired) electrons. The van der Waals surface area contributed by atoms with Crippen molar-refractivity contribution in [3.8, 4) is 0 Å². The molecule has 0 unspecified atom stereocenters. The first-order valence-corrected chi connectivity index (χ1v) is 6.01. The van der Waals surface area contributed by atoms with Gasteiger partial charge in [0.05, 0.1) is 17.1 Å². The van der Waals surface area contributed by atoms with Crippen molar-refractivity contribution in [2.45, 2.75) is 17.5 Å². The van der Waals surface area contributed by atoms with Crippen molar-refractivity contribution < 1.29 is 21.6 Å². The molecule has 0 spiro atoms. The monoisotopic (exact) mass is 253 g/mol. The Balaban J connectivity index is 2.83. The van der Waals surface area contributed by atoms with Gasteiger partial charge in [-0.3, -0.25) is 0 Å². The number of alkyl halides is 3. The molecule has 1 rings (SSSR count). The highest BCUT2D eigenvalue weighted by atomic mass is 32.2. The minimum atomic E-state index is -4.47. The van der Waals surface area contributed by atoms with Crippen LogP contribution in [0.15, 0.2) is 29.2 Å². The first-order chi connectivity index (χ1) is 7.21. The lowest BCUT2D eigenvalue weighted by Gasteiger charge is -2.07. The second-order valence-electron chi connectivity index (χ2n) is 3.25. The van der Waals surface area contributed by atoms with Crippen molar-refractivity contribution in [1.29, 1.82) is 0 Å². The van der Waals surface area contributed by atoms with Crippen LogP contribution in [0.1, 0.15) is 6.42 Å². The normalized spacial score (nSPS) is 12.7. The summed E-state index contributed by atoms with van der Waals surface area (Å²) in [4.78, 5) is -0.147. The predicted molar refractivity (Wildman–Crippen MR) is 53.6 cm³/mol. The summed E-state index contributed by atoms with van der Waals surface area (Å²) in [7, 11) is -3.89. The Morgan fingerprint density at radius 2 is 1.62 bits per heavy atom. The van der Waals surface area contributed by atoms with Gasteiger partial charge in [0, 0.05) is 5.69 Å². The summed E-state index contributed by atoms with van der Waals surface area (Å²) in [6.07, 6.45) is -5.82.